The van der Waals surface area contributed by atoms with Crippen molar-refractivity contribution in [3.8, 4) is 10.8 Å². The van der Waals surface area contributed by atoms with Gasteiger partial charge in [0.05, 0.1) is 6.54 Å². The Kier molecular flexibility index (Phi) is 5.21. The molecule has 0 heterocycles. The van der Waals surface area contributed by atoms with Crippen LogP contribution in [0.15, 0.2) is 0 Å². The summed E-state index contributed by atoms with van der Waals surface area (Å²) in [6.07, 6.45) is 0. The normalized spacial score (nSPS) is 7.45. The van der Waals surface area contributed by atoms with Gasteiger partial charge in [-0.25, -0.2) is 0 Å². The van der Waals surface area contributed by atoms with Crippen LogP contribution in [0.2, 0.25) is 0 Å². The average Bonchev–Trinajstić information content (AvgIpc) is 2.01. The van der Waals surface area contributed by atoms with Crippen LogP contribution in [-0.4, -0.2) is 25.4 Å². The summed E-state index contributed by atoms with van der Waals surface area (Å²) >= 11 is 2.75. The summed E-state index contributed by atoms with van der Waals surface area (Å²) in [4.78, 5) is 23.3. The zero-order chi connectivity index (χ0) is 8.69. The van der Waals surface area contributed by atoms with Crippen molar-refractivity contribution in [1.82, 2.24) is 10.6 Å². The van der Waals surface area contributed by atoms with E-state index in [4.69, 9.17) is 0 Å². The maximum atomic E-state index is 10.6. The predicted molar refractivity (Wildman–Crippen MR) is 43.8 cm³/mol. The highest BCUT2D eigenvalue weighted by Crippen LogP contribution is 1.69. The molecule has 0 unspecified atom stereocenters. The fourth-order valence-corrected chi connectivity index (χ4v) is 0.516. The number of amides is 2. The first-order chi connectivity index (χ1) is 5.20. The fourth-order valence-electron chi connectivity index (χ4n) is 0.336. The number of carbonyl (C=O) groups is 2. The maximum absolute atomic E-state index is 10.6. The van der Waals surface area contributed by atoms with Gasteiger partial charge in [0.2, 0.25) is 5.91 Å². The highest BCUT2D eigenvalue weighted by atomic mass is 79.9. The number of carbonyl (C=O) groups excluding carboxylic acids is 2. The first kappa shape index (κ1) is 9.98. The van der Waals surface area contributed by atoms with Crippen molar-refractivity contribution < 1.29 is 9.59 Å². The molecule has 0 saturated heterocycles. The Morgan fingerprint density at radius 1 is 1.55 bits per heavy atom. The van der Waals surface area contributed by atoms with E-state index in [0.717, 1.165) is 0 Å². The van der Waals surface area contributed by atoms with E-state index in [1.54, 1.807) is 0 Å². The number of hydrogen-bond acceptors (Lipinski definition) is 2. The van der Waals surface area contributed by atoms with Crippen molar-refractivity contribution >= 4 is 27.7 Å². The lowest BCUT2D eigenvalue weighted by molar-refractivity contribution is -0.123. The lowest BCUT2D eigenvalue weighted by Crippen LogP contribution is -2.34. The molecule has 0 atom stereocenters. The van der Waals surface area contributed by atoms with Gasteiger partial charge in [-0.2, -0.15) is 0 Å². The van der Waals surface area contributed by atoms with E-state index in [9.17, 15) is 9.59 Å². The number of rotatable bonds is 2. The van der Waals surface area contributed by atoms with Gasteiger partial charge in [0.15, 0.2) is 0 Å². The molecular weight excluding hydrogens is 212 g/mol. The van der Waals surface area contributed by atoms with E-state index in [1.165, 1.54) is 7.05 Å². The minimum absolute atomic E-state index is 0.0446. The van der Waals surface area contributed by atoms with E-state index in [-0.39, 0.29) is 12.5 Å². The van der Waals surface area contributed by atoms with Gasteiger partial charge < -0.3 is 10.6 Å². The topological polar surface area (TPSA) is 58.2 Å². The summed E-state index contributed by atoms with van der Waals surface area (Å²) in [5.41, 5.74) is 0. The van der Waals surface area contributed by atoms with Crippen molar-refractivity contribution in [3.05, 3.63) is 0 Å². The maximum Gasteiger partial charge on any atom is 0.297 e. The molecule has 0 aromatic heterocycles. The molecule has 0 aromatic carbocycles. The standard InChI is InChI=1S/C6H7BrN2O2/c1-8-6(11)4-9-5(10)2-3-7/h4H2,1H3,(H,8,11)(H,9,10). The molecule has 0 aliphatic rings. The molecule has 0 saturated carbocycles. The monoisotopic (exact) mass is 218 g/mol. The smallest absolute Gasteiger partial charge is 0.297 e. The molecule has 11 heavy (non-hydrogen) atoms. The molecular formula is C6H7BrN2O2. The van der Waals surface area contributed by atoms with Gasteiger partial charge in [0.25, 0.3) is 5.91 Å². The Morgan fingerprint density at radius 2 is 2.18 bits per heavy atom. The minimum Gasteiger partial charge on any atom is -0.358 e. The van der Waals surface area contributed by atoms with Crippen LogP contribution in [0.5, 0.6) is 0 Å². The number of hydrogen-bond donors (Lipinski definition) is 2. The van der Waals surface area contributed by atoms with E-state index in [0.29, 0.717) is 0 Å². The van der Waals surface area contributed by atoms with Crippen LogP contribution in [0.1, 0.15) is 0 Å². The third kappa shape index (κ3) is 5.43. The van der Waals surface area contributed by atoms with Gasteiger partial charge in [-0.3, -0.25) is 9.59 Å². The largest absolute Gasteiger partial charge is 0.358 e. The molecule has 4 nitrogen and oxygen atoms in total. The van der Waals surface area contributed by atoms with Gasteiger partial charge >= 0.3 is 0 Å². The summed E-state index contributed by atoms with van der Waals surface area (Å²) in [6, 6.07) is 0. The summed E-state index contributed by atoms with van der Waals surface area (Å²) < 4.78 is 0. The quantitative estimate of drug-likeness (QED) is 0.597. The summed E-state index contributed by atoms with van der Waals surface area (Å²) in [5.74, 6) is 1.43. The molecule has 0 fully saturated rings. The molecule has 2 N–H and O–H groups in total. The Bertz CT molecular complexity index is 216. The number of nitrogens with one attached hydrogen (secondary N) is 2. The lowest BCUT2D eigenvalue weighted by atomic mass is 10.5. The second-order valence-corrected chi connectivity index (χ2v) is 1.97. The van der Waals surface area contributed by atoms with Crippen molar-refractivity contribution in [2.75, 3.05) is 13.6 Å². The lowest BCUT2D eigenvalue weighted by Gasteiger charge is -1.97. The highest BCUT2D eigenvalue weighted by Gasteiger charge is 1.98. The zero-order valence-electron chi connectivity index (χ0n) is 5.90. The first-order valence-electron chi connectivity index (χ1n) is 2.80. The van der Waals surface area contributed by atoms with Gasteiger partial charge in [-0.1, -0.05) is 0 Å². The molecule has 0 spiro atoms. The van der Waals surface area contributed by atoms with Gasteiger partial charge in [-0.15, -0.1) is 0 Å². The third-order valence-electron chi connectivity index (χ3n) is 0.849. The van der Waals surface area contributed by atoms with Gasteiger partial charge in [0.1, 0.15) is 0 Å². The molecule has 0 aliphatic carbocycles. The van der Waals surface area contributed by atoms with Crippen molar-refractivity contribution in [1.29, 1.82) is 0 Å². The second-order valence-electron chi connectivity index (χ2n) is 1.58. The summed E-state index contributed by atoms with van der Waals surface area (Å²) in [6.45, 7) is -0.0446. The summed E-state index contributed by atoms with van der Waals surface area (Å²) in [7, 11) is 1.49. The number of halogens is 1. The van der Waals surface area contributed by atoms with E-state index in [2.05, 4.69) is 37.3 Å². The average molecular weight is 219 g/mol. The molecule has 60 valence electrons. The fraction of sp³-hybridized carbons (Fsp3) is 0.333. The number of likely N-dealkylation sites (N-methyl/N-ethyl adjacent to an activating group) is 1. The van der Waals surface area contributed by atoms with Crippen LogP contribution >= 0.6 is 15.9 Å². The Balaban J connectivity index is 3.60. The molecule has 0 bridgehead atoms. The van der Waals surface area contributed by atoms with E-state index >= 15 is 0 Å². The van der Waals surface area contributed by atoms with E-state index in [1.807, 2.05) is 0 Å². The van der Waals surface area contributed by atoms with Gasteiger partial charge in [0, 0.05) is 28.9 Å². The molecule has 0 radical (unpaired) electrons. The molecule has 2 amide bonds. The molecule has 0 aromatic rings. The molecule has 0 aliphatic heterocycles. The van der Waals surface area contributed by atoms with Gasteiger partial charge in [-0.05, 0) is 4.83 Å². The second kappa shape index (κ2) is 5.74. The van der Waals surface area contributed by atoms with Crippen LogP contribution in [0.3, 0.4) is 0 Å². The van der Waals surface area contributed by atoms with Crippen molar-refractivity contribution in [3.63, 3.8) is 0 Å². The van der Waals surface area contributed by atoms with Crippen LogP contribution in [0.4, 0.5) is 0 Å². The Morgan fingerprint density at radius 3 is 2.64 bits per heavy atom. The first-order valence-corrected chi connectivity index (χ1v) is 3.60. The Labute approximate surface area is 72.9 Å². The van der Waals surface area contributed by atoms with Crippen LogP contribution < -0.4 is 10.6 Å². The highest BCUT2D eigenvalue weighted by molar-refractivity contribution is 9.12. The van der Waals surface area contributed by atoms with Crippen molar-refractivity contribution in [2.45, 2.75) is 0 Å². The molecule has 0 rings (SSSR count). The zero-order valence-corrected chi connectivity index (χ0v) is 7.49. The SMILES string of the molecule is CNC(=O)CNC(=O)C#CBr. The van der Waals surface area contributed by atoms with Crippen LogP contribution in [0.25, 0.3) is 0 Å². The third-order valence-corrected chi connectivity index (χ3v) is 1.05. The van der Waals surface area contributed by atoms with Crippen LogP contribution in [-0.2, 0) is 9.59 Å². The van der Waals surface area contributed by atoms with Crippen molar-refractivity contribution in [2.24, 2.45) is 0 Å². The predicted octanol–water partition coefficient (Wildman–Crippen LogP) is -0.796. The van der Waals surface area contributed by atoms with E-state index < -0.39 is 5.91 Å². The summed E-state index contributed by atoms with van der Waals surface area (Å²) in [5, 5.41) is 4.63. The minimum atomic E-state index is -0.481. The Hall–Kier alpha value is -1.02. The van der Waals surface area contributed by atoms with Crippen LogP contribution in [0, 0.1) is 10.8 Å². The molecule has 5 heteroatoms.